The van der Waals surface area contributed by atoms with E-state index in [4.69, 9.17) is 26.1 Å². The number of ether oxygens (including phenoxy) is 2. The Morgan fingerprint density at radius 1 is 1.00 bits per heavy atom. The molecule has 6 rings (SSSR count). The van der Waals surface area contributed by atoms with Crippen molar-refractivity contribution in [2.75, 3.05) is 11.9 Å². The van der Waals surface area contributed by atoms with E-state index in [0.29, 0.717) is 41.6 Å². The van der Waals surface area contributed by atoms with Crippen molar-refractivity contribution >= 4 is 45.1 Å². The summed E-state index contributed by atoms with van der Waals surface area (Å²) in [5.41, 5.74) is 8.01. The maximum atomic E-state index is 6.65. The van der Waals surface area contributed by atoms with Gasteiger partial charge < -0.3 is 14.8 Å². The number of halogens is 2. The molecule has 0 bridgehead atoms. The first-order valence-corrected chi connectivity index (χ1v) is 15.2. The number of rotatable bonds is 8. The minimum atomic E-state index is 0.265. The van der Waals surface area contributed by atoms with Gasteiger partial charge in [0.15, 0.2) is 11.5 Å². The summed E-state index contributed by atoms with van der Waals surface area (Å²) in [4.78, 5) is 4.73. The zero-order chi connectivity index (χ0) is 28.3. The summed E-state index contributed by atoms with van der Waals surface area (Å²) in [7, 11) is 0. The van der Waals surface area contributed by atoms with Gasteiger partial charge in [-0.1, -0.05) is 81.6 Å². The Balaban J connectivity index is 1.17. The Labute approximate surface area is 255 Å². The standard InChI is InChI=1S/C35H32BrClN2O2/c1-3-40-33-19-24(18-31(37)35(33)41-21-23-8-12-26(36)13-9-23)20-38-27-14-10-25(11-15-27)34-29-6-4-5-28(29)30-17-22(2)7-16-32(30)39-34/h4-5,7-20,28-29,34,39H,3,6,21H2,1-2H3/t28-,29+,34+/m1/s1. The normalized spacial score (nSPS) is 19.1. The number of allylic oxidation sites excluding steroid dienone is 2. The molecule has 0 saturated carbocycles. The summed E-state index contributed by atoms with van der Waals surface area (Å²) in [5.74, 6) is 2.11. The molecule has 41 heavy (non-hydrogen) atoms. The number of benzene rings is 4. The molecule has 0 radical (unpaired) electrons. The molecule has 0 fully saturated rings. The zero-order valence-corrected chi connectivity index (χ0v) is 25.5. The number of nitrogens with zero attached hydrogens (tertiary/aromatic N) is 1. The Kier molecular flexibility index (Phi) is 8.18. The van der Waals surface area contributed by atoms with E-state index >= 15 is 0 Å². The summed E-state index contributed by atoms with van der Waals surface area (Å²) < 4.78 is 13.0. The number of fused-ring (bicyclic) bond motifs is 3. The number of hydrogen-bond donors (Lipinski definition) is 1. The minimum Gasteiger partial charge on any atom is -0.490 e. The third-order valence-electron chi connectivity index (χ3n) is 7.76. The quantitative estimate of drug-likeness (QED) is 0.156. The number of aryl methyl sites for hydroxylation is 1. The maximum absolute atomic E-state index is 6.65. The average Bonchev–Trinajstić information content (AvgIpc) is 3.47. The fraction of sp³-hybridized carbons (Fsp3) is 0.229. The van der Waals surface area contributed by atoms with Gasteiger partial charge in [-0.25, -0.2) is 0 Å². The smallest absolute Gasteiger partial charge is 0.180 e. The van der Waals surface area contributed by atoms with Gasteiger partial charge >= 0.3 is 0 Å². The number of nitrogens with one attached hydrogen (secondary N) is 1. The largest absolute Gasteiger partial charge is 0.490 e. The molecule has 0 amide bonds. The highest BCUT2D eigenvalue weighted by molar-refractivity contribution is 9.10. The summed E-state index contributed by atoms with van der Waals surface area (Å²) in [6.45, 7) is 5.01. The second-order valence-corrected chi connectivity index (χ2v) is 11.9. The molecule has 1 aliphatic carbocycles. The molecule has 6 heteroatoms. The van der Waals surface area contributed by atoms with E-state index < -0.39 is 0 Å². The number of hydrogen-bond acceptors (Lipinski definition) is 4. The molecule has 1 heterocycles. The molecule has 1 N–H and O–H groups in total. The molecule has 1 aliphatic heterocycles. The number of anilines is 1. The minimum absolute atomic E-state index is 0.265. The van der Waals surface area contributed by atoms with Crippen LogP contribution in [0.2, 0.25) is 5.02 Å². The van der Waals surface area contributed by atoms with Crippen molar-refractivity contribution in [1.82, 2.24) is 0 Å². The van der Waals surface area contributed by atoms with E-state index in [2.05, 4.69) is 82.8 Å². The van der Waals surface area contributed by atoms with Gasteiger partial charge in [-0.15, -0.1) is 0 Å². The van der Waals surface area contributed by atoms with Crippen molar-refractivity contribution in [3.05, 3.63) is 128 Å². The van der Waals surface area contributed by atoms with Gasteiger partial charge in [-0.05, 0) is 90.9 Å². The van der Waals surface area contributed by atoms with Crippen molar-refractivity contribution in [3.8, 4) is 11.5 Å². The van der Waals surface area contributed by atoms with Crippen LogP contribution in [0.1, 0.15) is 53.1 Å². The van der Waals surface area contributed by atoms with Gasteiger partial charge in [0.2, 0.25) is 0 Å². The van der Waals surface area contributed by atoms with E-state index in [1.807, 2.05) is 49.5 Å². The van der Waals surface area contributed by atoms with E-state index in [-0.39, 0.29) is 6.04 Å². The Morgan fingerprint density at radius 3 is 2.59 bits per heavy atom. The summed E-state index contributed by atoms with van der Waals surface area (Å²) in [6, 6.07) is 27.3. The van der Waals surface area contributed by atoms with E-state index in [1.54, 1.807) is 0 Å². The van der Waals surface area contributed by atoms with Crippen LogP contribution in [0.4, 0.5) is 11.4 Å². The van der Waals surface area contributed by atoms with Crippen molar-refractivity contribution in [3.63, 3.8) is 0 Å². The Bertz CT molecular complexity index is 1600. The van der Waals surface area contributed by atoms with Crippen LogP contribution >= 0.6 is 27.5 Å². The van der Waals surface area contributed by atoms with Gasteiger partial charge in [0.05, 0.1) is 23.4 Å². The summed E-state index contributed by atoms with van der Waals surface area (Å²) in [5, 5.41) is 4.31. The van der Waals surface area contributed by atoms with Gasteiger partial charge in [0, 0.05) is 22.3 Å². The lowest BCUT2D eigenvalue weighted by atomic mass is 9.76. The predicted octanol–water partition coefficient (Wildman–Crippen LogP) is 9.97. The molecule has 0 saturated heterocycles. The van der Waals surface area contributed by atoms with Crippen molar-refractivity contribution in [1.29, 1.82) is 0 Å². The van der Waals surface area contributed by atoms with E-state index in [0.717, 1.165) is 27.7 Å². The monoisotopic (exact) mass is 626 g/mol. The molecule has 0 aromatic heterocycles. The fourth-order valence-electron chi connectivity index (χ4n) is 5.76. The molecule has 0 unspecified atom stereocenters. The molecular formula is C35H32BrClN2O2. The number of aliphatic imine (C=N–C) groups is 1. The lowest BCUT2D eigenvalue weighted by Gasteiger charge is -2.37. The van der Waals surface area contributed by atoms with Crippen LogP contribution in [-0.4, -0.2) is 12.8 Å². The topological polar surface area (TPSA) is 42.8 Å². The van der Waals surface area contributed by atoms with Crippen molar-refractivity contribution < 1.29 is 9.47 Å². The van der Waals surface area contributed by atoms with Crippen LogP contribution in [-0.2, 0) is 6.61 Å². The van der Waals surface area contributed by atoms with Gasteiger partial charge in [0.1, 0.15) is 6.61 Å². The SMILES string of the molecule is CCOc1cc(C=Nc2ccc([C@@H]3Nc4ccc(C)cc4[C@@H]4C=CC[C@@H]43)cc2)cc(Cl)c1OCc1ccc(Br)cc1. The Hall–Kier alpha value is -3.54. The zero-order valence-electron chi connectivity index (χ0n) is 23.1. The third kappa shape index (κ3) is 6.07. The lowest BCUT2D eigenvalue weighted by Crippen LogP contribution is -2.29. The second kappa shape index (κ2) is 12.1. The third-order valence-corrected chi connectivity index (χ3v) is 8.57. The molecule has 0 spiro atoms. The molecule has 3 atom stereocenters. The molecule has 4 nitrogen and oxygen atoms in total. The first-order valence-electron chi connectivity index (χ1n) is 14.0. The lowest BCUT2D eigenvalue weighted by molar-refractivity contribution is 0.269. The van der Waals surface area contributed by atoms with Crippen molar-refractivity contribution in [2.45, 2.75) is 38.8 Å². The highest BCUT2D eigenvalue weighted by Crippen LogP contribution is 2.50. The highest BCUT2D eigenvalue weighted by atomic mass is 79.9. The van der Waals surface area contributed by atoms with Crippen LogP contribution in [0, 0.1) is 12.8 Å². The summed E-state index contributed by atoms with van der Waals surface area (Å²) >= 11 is 10.1. The molecule has 4 aromatic carbocycles. The first kappa shape index (κ1) is 27.6. The van der Waals surface area contributed by atoms with E-state index in [1.165, 1.54) is 22.4 Å². The van der Waals surface area contributed by atoms with Gasteiger partial charge in [-0.3, -0.25) is 4.99 Å². The molecular weight excluding hydrogens is 596 g/mol. The highest BCUT2D eigenvalue weighted by Gasteiger charge is 2.37. The van der Waals surface area contributed by atoms with Crippen LogP contribution in [0.25, 0.3) is 0 Å². The van der Waals surface area contributed by atoms with Gasteiger partial charge in [0.25, 0.3) is 0 Å². The van der Waals surface area contributed by atoms with Crippen LogP contribution in [0.5, 0.6) is 11.5 Å². The predicted molar refractivity (Wildman–Crippen MR) is 172 cm³/mol. The van der Waals surface area contributed by atoms with Crippen LogP contribution in [0.3, 0.4) is 0 Å². The second-order valence-electron chi connectivity index (χ2n) is 10.6. The Morgan fingerprint density at radius 2 is 1.80 bits per heavy atom. The van der Waals surface area contributed by atoms with E-state index in [9.17, 15) is 0 Å². The molecule has 208 valence electrons. The fourth-order valence-corrected chi connectivity index (χ4v) is 6.30. The molecule has 2 aliphatic rings. The average molecular weight is 628 g/mol. The maximum Gasteiger partial charge on any atom is 0.180 e. The molecule has 4 aromatic rings. The van der Waals surface area contributed by atoms with Crippen LogP contribution in [0.15, 0.2) is 100 Å². The van der Waals surface area contributed by atoms with Gasteiger partial charge in [-0.2, -0.15) is 0 Å². The van der Waals surface area contributed by atoms with Crippen LogP contribution < -0.4 is 14.8 Å². The summed E-state index contributed by atoms with van der Waals surface area (Å²) in [6.07, 6.45) is 7.62. The first-order chi connectivity index (χ1) is 20.0. The van der Waals surface area contributed by atoms with Crippen molar-refractivity contribution in [2.24, 2.45) is 10.9 Å².